The molecule has 5 rings (SSSR count). The van der Waals surface area contributed by atoms with Crippen LogP contribution in [0.25, 0.3) is 11.0 Å². The summed E-state index contributed by atoms with van der Waals surface area (Å²) in [5, 5.41) is 11.4. The van der Waals surface area contributed by atoms with E-state index in [0.717, 1.165) is 30.3 Å². The second-order valence-corrected chi connectivity index (χ2v) is 9.35. The number of aromatic nitrogens is 4. The van der Waals surface area contributed by atoms with Crippen molar-refractivity contribution in [2.75, 3.05) is 18.1 Å². The van der Waals surface area contributed by atoms with E-state index in [4.69, 9.17) is 4.74 Å². The normalized spacial score (nSPS) is 16.1. The fraction of sp³-hybridized carbons (Fsp3) is 0.357. The smallest absolute Gasteiger partial charge is 0.249 e. The summed E-state index contributed by atoms with van der Waals surface area (Å²) in [5.74, 6) is -0.521. The fourth-order valence-electron chi connectivity index (χ4n) is 4.83. The summed E-state index contributed by atoms with van der Waals surface area (Å²) in [6.07, 6.45) is 4.65. The lowest BCUT2D eigenvalue weighted by molar-refractivity contribution is -0.127. The Morgan fingerprint density at radius 2 is 1.95 bits per heavy atom. The average Bonchev–Trinajstić information content (AvgIpc) is 3.68. The number of nitrogens with zero attached hydrogens (tertiary/aromatic N) is 5. The van der Waals surface area contributed by atoms with Crippen LogP contribution in [0.3, 0.4) is 0 Å². The van der Waals surface area contributed by atoms with Gasteiger partial charge in [0.2, 0.25) is 11.8 Å². The molecule has 1 N–H and O–H groups in total. The number of anilines is 1. The third-order valence-corrected chi connectivity index (χ3v) is 6.90. The standard InChI is InChI=1S/C28H32N6O3/c1-3-20-12-14-21(15-13-20)34(26(35)19-33-24-10-5-4-9-23(24)30-31-33)27(25-11-6-16-32(25)2)28(36)29-18-22-8-7-17-37-22/h4-6,9-16,22,27H,3,7-8,17-19H2,1-2H3,(H,29,36). The maximum atomic E-state index is 14.0. The van der Waals surface area contributed by atoms with Gasteiger partial charge in [0.25, 0.3) is 0 Å². The monoisotopic (exact) mass is 500 g/mol. The van der Waals surface area contributed by atoms with E-state index < -0.39 is 6.04 Å². The molecule has 2 atom stereocenters. The highest BCUT2D eigenvalue weighted by Crippen LogP contribution is 2.29. The van der Waals surface area contributed by atoms with Crippen molar-refractivity contribution in [2.45, 2.75) is 44.9 Å². The Bertz CT molecular complexity index is 1370. The third-order valence-electron chi connectivity index (χ3n) is 6.90. The lowest BCUT2D eigenvalue weighted by Gasteiger charge is -2.32. The molecule has 0 radical (unpaired) electrons. The Labute approximate surface area is 216 Å². The van der Waals surface area contributed by atoms with E-state index in [1.807, 2.05) is 78.5 Å². The molecule has 4 aromatic rings. The molecule has 0 bridgehead atoms. The second kappa shape index (κ2) is 11.0. The number of fused-ring (bicyclic) bond motifs is 1. The average molecular weight is 501 g/mol. The molecule has 1 saturated heterocycles. The zero-order valence-electron chi connectivity index (χ0n) is 21.2. The Morgan fingerprint density at radius 1 is 1.14 bits per heavy atom. The minimum absolute atomic E-state index is 0.00693. The second-order valence-electron chi connectivity index (χ2n) is 9.35. The van der Waals surface area contributed by atoms with Gasteiger partial charge in [-0.1, -0.05) is 36.4 Å². The van der Waals surface area contributed by atoms with Crippen LogP contribution in [0, 0.1) is 0 Å². The van der Waals surface area contributed by atoms with E-state index in [0.29, 0.717) is 30.0 Å². The van der Waals surface area contributed by atoms with Gasteiger partial charge in [0.05, 0.1) is 17.3 Å². The van der Waals surface area contributed by atoms with Crippen LogP contribution in [0.4, 0.5) is 5.69 Å². The molecule has 0 aliphatic carbocycles. The predicted molar refractivity (Wildman–Crippen MR) is 141 cm³/mol. The number of carbonyl (C=O) groups is 2. The summed E-state index contributed by atoms with van der Waals surface area (Å²) in [4.78, 5) is 29.4. The van der Waals surface area contributed by atoms with E-state index in [1.165, 1.54) is 0 Å². The van der Waals surface area contributed by atoms with Crippen LogP contribution >= 0.6 is 0 Å². The van der Waals surface area contributed by atoms with E-state index >= 15 is 0 Å². The first-order valence-electron chi connectivity index (χ1n) is 12.7. The third kappa shape index (κ3) is 5.27. The van der Waals surface area contributed by atoms with Gasteiger partial charge in [-0.25, -0.2) is 4.68 Å². The number of ether oxygens (including phenoxy) is 1. The lowest BCUT2D eigenvalue weighted by atomic mass is 10.1. The zero-order chi connectivity index (χ0) is 25.8. The number of amides is 2. The molecule has 2 unspecified atom stereocenters. The van der Waals surface area contributed by atoms with Crippen molar-refractivity contribution >= 4 is 28.5 Å². The van der Waals surface area contributed by atoms with Crippen molar-refractivity contribution in [2.24, 2.45) is 7.05 Å². The Hall–Kier alpha value is -3.98. The number of nitrogens with one attached hydrogen (secondary N) is 1. The molecular weight excluding hydrogens is 468 g/mol. The first kappa shape index (κ1) is 24.7. The summed E-state index contributed by atoms with van der Waals surface area (Å²) < 4.78 is 9.17. The zero-order valence-corrected chi connectivity index (χ0v) is 21.2. The maximum Gasteiger partial charge on any atom is 0.249 e. The maximum absolute atomic E-state index is 14.0. The number of benzene rings is 2. The van der Waals surface area contributed by atoms with Crippen molar-refractivity contribution in [3.63, 3.8) is 0 Å². The summed E-state index contributed by atoms with van der Waals surface area (Å²) in [6.45, 7) is 3.14. The number of rotatable bonds is 9. The molecule has 1 aliphatic rings. The molecule has 0 spiro atoms. The van der Waals surface area contributed by atoms with Crippen LogP contribution < -0.4 is 10.2 Å². The molecule has 0 saturated carbocycles. The van der Waals surface area contributed by atoms with Gasteiger partial charge < -0.3 is 14.6 Å². The summed E-state index contributed by atoms with van der Waals surface area (Å²) in [7, 11) is 1.88. The molecule has 37 heavy (non-hydrogen) atoms. The van der Waals surface area contributed by atoms with E-state index in [2.05, 4.69) is 22.6 Å². The van der Waals surface area contributed by atoms with Crippen molar-refractivity contribution < 1.29 is 14.3 Å². The molecule has 2 aromatic carbocycles. The van der Waals surface area contributed by atoms with Crippen LogP contribution in [-0.2, 0) is 34.3 Å². The largest absolute Gasteiger partial charge is 0.376 e. The summed E-state index contributed by atoms with van der Waals surface area (Å²) in [6, 6.07) is 18.2. The van der Waals surface area contributed by atoms with Crippen molar-refractivity contribution in [1.82, 2.24) is 24.9 Å². The van der Waals surface area contributed by atoms with E-state index in [9.17, 15) is 9.59 Å². The number of hydrogen-bond acceptors (Lipinski definition) is 5. The molecule has 3 heterocycles. The molecule has 2 amide bonds. The van der Waals surface area contributed by atoms with E-state index in [-0.39, 0.29) is 24.5 Å². The molecule has 9 heteroatoms. The fourth-order valence-corrected chi connectivity index (χ4v) is 4.83. The quantitative estimate of drug-likeness (QED) is 0.380. The number of para-hydroxylation sites is 1. The minimum Gasteiger partial charge on any atom is -0.376 e. The van der Waals surface area contributed by atoms with Gasteiger partial charge in [0, 0.05) is 32.1 Å². The highest BCUT2D eigenvalue weighted by Gasteiger charge is 2.35. The van der Waals surface area contributed by atoms with Gasteiger partial charge in [0.1, 0.15) is 12.1 Å². The summed E-state index contributed by atoms with van der Waals surface area (Å²) in [5.41, 5.74) is 3.97. The van der Waals surface area contributed by atoms with Gasteiger partial charge in [-0.05, 0) is 61.2 Å². The Morgan fingerprint density at radius 3 is 2.65 bits per heavy atom. The topological polar surface area (TPSA) is 94.3 Å². The Balaban J connectivity index is 1.52. The first-order chi connectivity index (χ1) is 18.0. The van der Waals surface area contributed by atoms with Crippen molar-refractivity contribution in [3.8, 4) is 0 Å². The van der Waals surface area contributed by atoms with Gasteiger partial charge >= 0.3 is 0 Å². The highest BCUT2D eigenvalue weighted by molar-refractivity contribution is 6.01. The first-order valence-corrected chi connectivity index (χ1v) is 12.7. The van der Waals surface area contributed by atoms with Crippen LogP contribution in [-0.4, -0.2) is 50.6 Å². The van der Waals surface area contributed by atoms with Gasteiger partial charge in [-0.3, -0.25) is 14.5 Å². The van der Waals surface area contributed by atoms with Crippen LogP contribution in [0.5, 0.6) is 0 Å². The Kier molecular flexibility index (Phi) is 7.32. The molecular formula is C28H32N6O3. The molecule has 1 fully saturated rings. The van der Waals surface area contributed by atoms with Crippen LogP contribution in [0.15, 0.2) is 66.9 Å². The molecule has 192 valence electrons. The molecule has 2 aromatic heterocycles. The molecule has 1 aliphatic heterocycles. The van der Waals surface area contributed by atoms with Gasteiger partial charge in [-0.2, -0.15) is 0 Å². The van der Waals surface area contributed by atoms with Gasteiger partial charge in [-0.15, -0.1) is 5.10 Å². The van der Waals surface area contributed by atoms with Gasteiger partial charge in [0.15, 0.2) is 6.04 Å². The SMILES string of the molecule is CCc1ccc(N(C(=O)Cn2nnc3ccccc32)C(C(=O)NCC2CCCO2)c2cccn2C)cc1. The highest BCUT2D eigenvalue weighted by atomic mass is 16.5. The van der Waals surface area contributed by atoms with Crippen LogP contribution in [0.2, 0.25) is 0 Å². The predicted octanol–water partition coefficient (Wildman–Crippen LogP) is 3.40. The van der Waals surface area contributed by atoms with Crippen LogP contribution in [0.1, 0.15) is 37.1 Å². The number of aryl methyl sites for hydroxylation is 2. The van der Waals surface area contributed by atoms with Crippen molar-refractivity contribution in [3.05, 3.63) is 78.1 Å². The minimum atomic E-state index is -0.879. The summed E-state index contributed by atoms with van der Waals surface area (Å²) >= 11 is 0. The van der Waals surface area contributed by atoms with Crippen molar-refractivity contribution in [1.29, 1.82) is 0 Å². The molecule has 9 nitrogen and oxygen atoms in total. The number of carbonyl (C=O) groups excluding carboxylic acids is 2. The number of hydrogen-bond donors (Lipinski definition) is 1. The lowest BCUT2D eigenvalue weighted by Crippen LogP contribution is -2.47. The van der Waals surface area contributed by atoms with E-state index in [1.54, 1.807) is 9.58 Å².